The Labute approximate surface area is 207 Å². The van der Waals surface area contributed by atoms with Crippen LogP contribution in [0.5, 0.6) is 0 Å². The zero-order valence-corrected chi connectivity index (χ0v) is 20.2. The van der Waals surface area contributed by atoms with Gasteiger partial charge >= 0.3 is 0 Å². The van der Waals surface area contributed by atoms with Crippen molar-refractivity contribution in [2.24, 2.45) is 0 Å². The lowest BCUT2D eigenvalue weighted by Gasteiger charge is -2.18. The zero-order valence-electron chi connectivity index (χ0n) is 20.2. The molecule has 1 atom stereocenters. The van der Waals surface area contributed by atoms with Crippen molar-refractivity contribution in [1.82, 2.24) is 24.8 Å². The topological polar surface area (TPSA) is 149 Å². The monoisotopic (exact) mass is 494 g/mol. The van der Waals surface area contributed by atoms with E-state index < -0.39 is 23.4 Å². The maximum absolute atomic E-state index is 13.0. The number of fused-ring (bicyclic) bond motifs is 1. The summed E-state index contributed by atoms with van der Waals surface area (Å²) in [5.74, 6) is -0.682. The van der Waals surface area contributed by atoms with Crippen LogP contribution < -0.4 is 16.2 Å². The van der Waals surface area contributed by atoms with Gasteiger partial charge in [0, 0.05) is 26.7 Å². The Kier molecular flexibility index (Phi) is 9.12. The maximum atomic E-state index is 13.0. The lowest BCUT2D eigenvalue weighted by Crippen LogP contribution is -2.44. The van der Waals surface area contributed by atoms with Gasteiger partial charge in [-0.1, -0.05) is 18.2 Å². The summed E-state index contributed by atoms with van der Waals surface area (Å²) in [6.45, 7) is -0.179. The van der Waals surface area contributed by atoms with Crippen LogP contribution >= 0.6 is 0 Å². The van der Waals surface area contributed by atoms with Gasteiger partial charge in [-0.15, -0.1) is 0 Å². The van der Waals surface area contributed by atoms with E-state index in [9.17, 15) is 19.2 Å². The lowest BCUT2D eigenvalue weighted by molar-refractivity contribution is -0.127. The number of allylic oxidation sites excluding steroid dienone is 1. The second kappa shape index (κ2) is 12.5. The second-order valence-electron chi connectivity index (χ2n) is 8.35. The molecule has 0 spiro atoms. The summed E-state index contributed by atoms with van der Waals surface area (Å²) in [4.78, 5) is 58.8. The number of rotatable bonds is 11. The number of aliphatic hydroxyl groups excluding tert-OH is 1. The average molecular weight is 495 g/mol. The first kappa shape index (κ1) is 26.4. The SMILES string of the molecule is CN(C)C(=O)/C=C/CC[C@H](NC(=O)CCO)C(=O)Nc1cccn(Cc2nc3ccccc3[nH]2)c1=O. The first-order chi connectivity index (χ1) is 17.3. The Balaban J connectivity index is 1.72. The van der Waals surface area contributed by atoms with Crippen LogP contribution in [0.3, 0.4) is 0 Å². The minimum atomic E-state index is -0.966. The third kappa shape index (κ3) is 7.12. The van der Waals surface area contributed by atoms with Crippen molar-refractivity contribution in [3.05, 3.63) is 70.9 Å². The summed E-state index contributed by atoms with van der Waals surface area (Å²) in [5, 5.41) is 14.2. The maximum Gasteiger partial charge on any atom is 0.274 e. The summed E-state index contributed by atoms with van der Waals surface area (Å²) >= 11 is 0. The molecular weight excluding hydrogens is 464 g/mol. The van der Waals surface area contributed by atoms with Gasteiger partial charge in [-0.05, 0) is 43.2 Å². The highest BCUT2D eigenvalue weighted by Crippen LogP contribution is 2.11. The first-order valence-electron chi connectivity index (χ1n) is 11.5. The number of hydrogen-bond acceptors (Lipinski definition) is 6. The van der Waals surface area contributed by atoms with E-state index in [0.717, 1.165) is 11.0 Å². The molecule has 0 unspecified atom stereocenters. The number of carbonyl (C=O) groups is 3. The first-order valence-corrected chi connectivity index (χ1v) is 11.5. The fourth-order valence-electron chi connectivity index (χ4n) is 3.45. The average Bonchev–Trinajstić information content (AvgIpc) is 3.25. The molecule has 3 rings (SSSR count). The van der Waals surface area contributed by atoms with Crippen molar-refractivity contribution in [2.45, 2.75) is 31.8 Å². The number of aliphatic hydroxyl groups is 1. The molecular formula is C25H30N6O5. The number of pyridine rings is 1. The number of carbonyl (C=O) groups excluding carboxylic acids is 3. The van der Waals surface area contributed by atoms with Crippen LogP contribution in [0.2, 0.25) is 0 Å². The highest BCUT2D eigenvalue weighted by Gasteiger charge is 2.21. The van der Waals surface area contributed by atoms with Gasteiger partial charge < -0.3 is 30.2 Å². The van der Waals surface area contributed by atoms with E-state index in [1.807, 2.05) is 24.3 Å². The van der Waals surface area contributed by atoms with Crippen LogP contribution in [0.15, 0.2) is 59.5 Å². The van der Waals surface area contributed by atoms with E-state index in [2.05, 4.69) is 20.6 Å². The molecule has 36 heavy (non-hydrogen) atoms. The number of nitrogens with one attached hydrogen (secondary N) is 3. The van der Waals surface area contributed by atoms with E-state index in [0.29, 0.717) is 12.2 Å². The van der Waals surface area contributed by atoms with Crippen LogP contribution in [0.25, 0.3) is 11.0 Å². The molecule has 0 saturated carbocycles. The summed E-state index contributed by atoms with van der Waals surface area (Å²) in [5.41, 5.74) is 1.27. The molecule has 0 fully saturated rings. The van der Waals surface area contributed by atoms with Crippen LogP contribution in [-0.2, 0) is 20.9 Å². The van der Waals surface area contributed by atoms with Crippen molar-refractivity contribution in [3.8, 4) is 0 Å². The predicted octanol–water partition coefficient (Wildman–Crippen LogP) is 1.00. The Morgan fingerprint density at radius 1 is 1.19 bits per heavy atom. The smallest absolute Gasteiger partial charge is 0.274 e. The number of H-pyrrole nitrogens is 1. The Hall–Kier alpha value is -4.25. The number of aromatic amines is 1. The number of hydrogen-bond donors (Lipinski definition) is 4. The van der Waals surface area contributed by atoms with Gasteiger partial charge in [0.2, 0.25) is 17.7 Å². The molecule has 0 saturated heterocycles. The summed E-state index contributed by atoms with van der Waals surface area (Å²) in [6, 6.07) is 9.67. The second-order valence-corrected chi connectivity index (χ2v) is 8.35. The van der Waals surface area contributed by atoms with Crippen molar-refractivity contribution in [1.29, 1.82) is 0 Å². The van der Waals surface area contributed by atoms with Crippen molar-refractivity contribution in [3.63, 3.8) is 0 Å². The van der Waals surface area contributed by atoms with E-state index in [1.54, 1.807) is 32.4 Å². The molecule has 3 amide bonds. The minimum Gasteiger partial charge on any atom is -0.396 e. The van der Waals surface area contributed by atoms with Crippen LogP contribution in [0, 0.1) is 0 Å². The number of imidazole rings is 1. The fourth-order valence-corrected chi connectivity index (χ4v) is 3.45. The third-order valence-electron chi connectivity index (χ3n) is 5.35. The molecule has 0 aliphatic heterocycles. The van der Waals surface area contributed by atoms with E-state index in [4.69, 9.17) is 5.11 Å². The van der Waals surface area contributed by atoms with Gasteiger partial charge in [-0.2, -0.15) is 0 Å². The molecule has 4 N–H and O–H groups in total. The lowest BCUT2D eigenvalue weighted by atomic mass is 10.1. The number of benzene rings is 1. The predicted molar refractivity (Wildman–Crippen MR) is 135 cm³/mol. The van der Waals surface area contributed by atoms with Crippen molar-refractivity contribution in [2.75, 3.05) is 26.0 Å². The minimum absolute atomic E-state index is 0.0540. The molecule has 0 bridgehead atoms. The normalized spacial score (nSPS) is 12.0. The van der Waals surface area contributed by atoms with E-state index in [-0.39, 0.29) is 37.6 Å². The molecule has 11 heteroatoms. The number of para-hydroxylation sites is 2. The van der Waals surface area contributed by atoms with Crippen LogP contribution in [0.4, 0.5) is 5.69 Å². The quantitative estimate of drug-likeness (QED) is 0.292. The molecule has 3 aromatic rings. The highest BCUT2D eigenvalue weighted by molar-refractivity contribution is 5.97. The largest absolute Gasteiger partial charge is 0.396 e. The van der Waals surface area contributed by atoms with Crippen LogP contribution in [-0.4, -0.2) is 69.0 Å². The standard InChI is InChI=1S/C25H30N6O5/c1-30(2)23(34)12-6-5-10-19(28-22(33)13-15-32)24(35)29-20-11-7-14-31(25(20)36)16-21-26-17-8-3-4-9-18(17)27-21/h3-4,6-9,11-12,14,19,32H,5,10,13,15-16H2,1-2H3,(H,26,27)(H,28,33)(H,29,35)/b12-6+/t19-/m0/s1. The number of likely N-dealkylation sites (N-methyl/N-ethyl adjacent to an activating group) is 1. The summed E-state index contributed by atoms with van der Waals surface area (Å²) < 4.78 is 1.42. The van der Waals surface area contributed by atoms with Crippen molar-refractivity contribution < 1.29 is 19.5 Å². The van der Waals surface area contributed by atoms with Gasteiger partial charge in [0.25, 0.3) is 5.56 Å². The van der Waals surface area contributed by atoms with Crippen LogP contribution in [0.1, 0.15) is 25.1 Å². The van der Waals surface area contributed by atoms with Gasteiger partial charge in [0.15, 0.2) is 0 Å². The summed E-state index contributed by atoms with van der Waals surface area (Å²) in [7, 11) is 3.25. The molecule has 11 nitrogen and oxygen atoms in total. The molecule has 190 valence electrons. The summed E-state index contributed by atoms with van der Waals surface area (Å²) in [6.07, 6.45) is 4.97. The van der Waals surface area contributed by atoms with Gasteiger partial charge in [-0.3, -0.25) is 19.2 Å². The fraction of sp³-hybridized carbons (Fsp3) is 0.320. The van der Waals surface area contributed by atoms with Gasteiger partial charge in [0.05, 0.1) is 24.2 Å². The Bertz CT molecular complexity index is 1280. The molecule has 1 aromatic carbocycles. The number of nitrogens with zero attached hydrogens (tertiary/aromatic N) is 3. The third-order valence-corrected chi connectivity index (χ3v) is 5.35. The Morgan fingerprint density at radius 3 is 2.69 bits per heavy atom. The molecule has 0 radical (unpaired) electrons. The molecule has 0 aliphatic carbocycles. The van der Waals surface area contributed by atoms with E-state index in [1.165, 1.54) is 21.6 Å². The molecule has 0 aliphatic rings. The zero-order chi connectivity index (χ0) is 26.1. The molecule has 2 aromatic heterocycles. The number of amides is 3. The van der Waals surface area contributed by atoms with Gasteiger partial charge in [-0.25, -0.2) is 4.98 Å². The number of anilines is 1. The molecule has 2 heterocycles. The Morgan fingerprint density at radius 2 is 1.97 bits per heavy atom. The highest BCUT2D eigenvalue weighted by atomic mass is 16.3. The van der Waals surface area contributed by atoms with Gasteiger partial charge in [0.1, 0.15) is 17.6 Å². The van der Waals surface area contributed by atoms with Crippen molar-refractivity contribution >= 4 is 34.4 Å². The van der Waals surface area contributed by atoms with E-state index >= 15 is 0 Å². The number of aromatic nitrogens is 3.